The summed E-state index contributed by atoms with van der Waals surface area (Å²) in [6, 6.07) is 3.49. The second kappa shape index (κ2) is 5.68. The molecule has 3 nitrogen and oxygen atoms in total. The number of hydrogen-bond acceptors (Lipinski definition) is 3. The van der Waals surface area contributed by atoms with E-state index in [0.29, 0.717) is 6.42 Å². The van der Waals surface area contributed by atoms with Gasteiger partial charge in [-0.05, 0) is 24.8 Å². The van der Waals surface area contributed by atoms with Gasteiger partial charge in [-0.1, -0.05) is 12.1 Å². The Hall–Kier alpha value is -1.13. The average molecular weight is 224 g/mol. The lowest BCUT2D eigenvalue weighted by Gasteiger charge is -2.15. The van der Waals surface area contributed by atoms with Gasteiger partial charge in [0.25, 0.3) is 0 Å². The topological polar surface area (TPSA) is 55.1 Å². The largest absolute Gasteiger partial charge is 0.347 e. The van der Waals surface area contributed by atoms with Crippen molar-refractivity contribution >= 4 is 17.2 Å². The van der Waals surface area contributed by atoms with Gasteiger partial charge in [0.05, 0.1) is 12.1 Å². The normalized spacial score (nSPS) is 14.3. The van der Waals surface area contributed by atoms with E-state index in [9.17, 15) is 4.79 Å². The Morgan fingerprint density at radius 1 is 1.80 bits per heavy atom. The highest BCUT2D eigenvalue weighted by atomic mass is 32.1. The lowest BCUT2D eigenvalue weighted by Crippen LogP contribution is -2.41. The molecule has 4 heteroatoms. The lowest BCUT2D eigenvalue weighted by atomic mass is 10.2. The van der Waals surface area contributed by atoms with E-state index in [-0.39, 0.29) is 11.9 Å². The molecule has 15 heavy (non-hydrogen) atoms. The Morgan fingerprint density at radius 2 is 2.53 bits per heavy atom. The van der Waals surface area contributed by atoms with Crippen LogP contribution in [0.4, 0.5) is 0 Å². The molecule has 1 aromatic rings. The van der Waals surface area contributed by atoms with E-state index in [1.54, 1.807) is 17.4 Å². The van der Waals surface area contributed by atoms with Gasteiger partial charge in [-0.15, -0.1) is 17.9 Å². The molecular weight excluding hydrogens is 208 g/mol. The van der Waals surface area contributed by atoms with Gasteiger partial charge in [0, 0.05) is 4.88 Å². The molecule has 1 heterocycles. The Labute approximate surface area is 94.0 Å². The first-order chi connectivity index (χ1) is 7.15. The summed E-state index contributed by atoms with van der Waals surface area (Å²) in [5.74, 6) is -0.129. The molecule has 0 aliphatic carbocycles. The minimum atomic E-state index is -0.495. The van der Waals surface area contributed by atoms with Crippen molar-refractivity contribution in [2.45, 2.75) is 25.4 Å². The monoisotopic (exact) mass is 224 g/mol. The third kappa shape index (κ3) is 3.49. The van der Waals surface area contributed by atoms with Crippen molar-refractivity contribution in [3.8, 4) is 0 Å². The standard InChI is InChI=1S/C11H16N2OS/c1-3-5-9(12)11(14)13-8(2)10-6-4-7-15-10/h3-4,6-9H,1,5,12H2,2H3,(H,13,14)/t8-,9?/m1/s1. The molecule has 1 rings (SSSR count). The summed E-state index contributed by atoms with van der Waals surface area (Å²) in [5.41, 5.74) is 5.65. The van der Waals surface area contributed by atoms with Crippen LogP contribution in [0.15, 0.2) is 30.2 Å². The van der Waals surface area contributed by atoms with Crippen LogP contribution in [-0.2, 0) is 4.79 Å². The van der Waals surface area contributed by atoms with Crippen molar-refractivity contribution in [2.75, 3.05) is 0 Å². The van der Waals surface area contributed by atoms with Crippen LogP contribution in [0.2, 0.25) is 0 Å². The zero-order chi connectivity index (χ0) is 11.3. The Kier molecular flexibility index (Phi) is 4.52. The summed E-state index contributed by atoms with van der Waals surface area (Å²) >= 11 is 1.62. The molecule has 1 amide bonds. The van der Waals surface area contributed by atoms with Crippen molar-refractivity contribution in [2.24, 2.45) is 5.73 Å². The van der Waals surface area contributed by atoms with Gasteiger partial charge < -0.3 is 11.1 Å². The van der Waals surface area contributed by atoms with Gasteiger partial charge in [-0.25, -0.2) is 0 Å². The van der Waals surface area contributed by atoms with E-state index in [2.05, 4.69) is 11.9 Å². The van der Waals surface area contributed by atoms with Crippen LogP contribution in [0.3, 0.4) is 0 Å². The average Bonchev–Trinajstić information content (AvgIpc) is 2.70. The van der Waals surface area contributed by atoms with Crippen LogP contribution in [0.5, 0.6) is 0 Å². The van der Waals surface area contributed by atoms with E-state index in [4.69, 9.17) is 5.73 Å². The highest BCUT2D eigenvalue weighted by molar-refractivity contribution is 7.10. The predicted molar refractivity (Wildman–Crippen MR) is 63.7 cm³/mol. The molecule has 0 bridgehead atoms. The second-order valence-electron chi connectivity index (χ2n) is 3.38. The first kappa shape index (κ1) is 11.9. The number of amides is 1. The number of carbonyl (C=O) groups is 1. The van der Waals surface area contributed by atoms with E-state index in [1.807, 2.05) is 24.4 Å². The Bertz CT molecular complexity index is 321. The van der Waals surface area contributed by atoms with Gasteiger partial charge in [0.2, 0.25) is 5.91 Å². The van der Waals surface area contributed by atoms with E-state index in [1.165, 1.54) is 0 Å². The van der Waals surface area contributed by atoms with Crippen LogP contribution in [0.1, 0.15) is 24.3 Å². The summed E-state index contributed by atoms with van der Waals surface area (Å²) in [4.78, 5) is 12.7. The molecule has 0 aromatic carbocycles. The number of nitrogens with one attached hydrogen (secondary N) is 1. The highest BCUT2D eigenvalue weighted by Gasteiger charge is 2.15. The summed E-state index contributed by atoms with van der Waals surface area (Å²) in [6.45, 7) is 5.50. The van der Waals surface area contributed by atoms with Gasteiger partial charge >= 0.3 is 0 Å². The van der Waals surface area contributed by atoms with Crippen LogP contribution < -0.4 is 11.1 Å². The van der Waals surface area contributed by atoms with Crippen molar-refractivity contribution < 1.29 is 4.79 Å². The van der Waals surface area contributed by atoms with Crippen LogP contribution in [0.25, 0.3) is 0 Å². The van der Waals surface area contributed by atoms with Crippen LogP contribution in [-0.4, -0.2) is 11.9 Å². The molecule has 0 spiro atoms. The van der Waals surface area contributed by atoms with Gasteiger partial charge in [0.15, 0.2) is 0 Å². The summed E-state index contributed by atoms with van der Waals surface area (Å²) in [6.07, 6.45) is 2.16. The number of rotatable bonds is 5. The molecule has 0 radical (unpaired) electrons. The van der Waals surface area contributed by atoms with Crippen molar-refractivity contribution in [1.82, 2.24) is 5.32 Å². The second-order valence-corrected chi connectivity index (χ2v) is 4.36. The minimum absolute atomic E-state index is 0.0216. The van der Waals surface area contributed by atoms with E-state index >= 15 is 0 Å². The summed E-state index contributed by atoms with van der Waals surface area (Å²) < 4.78 is 0. The highest BCUT2D eigenvalue weighted by Crippen LogP contribution is 2.17. The minimum Gasteiger partial charge on any atom is -0.347 e. The SMILES string of the molecule is C=CCC(N)C(=O)N[C@H](C)c1cccs1. The maximum Gasteiger partial charge on any atom is 0.237 e. The van der Waals surface area contributed by atoms with Crippen LogP contribution >= 0.6 is 11.3 Å². The first-order valence-electron chi connectivity index (χ1n) is 4.85. The zero-order valence-corrected chi connectivity index (χ0v) is 9.59. The molecule has 3 N–H and O–H groups in total. The molecule has 0 saturated carbocycles. The third-order valence-corrected chi connectivity index (χ3v) is 3.14. The summed E-state index contributed by atoms with van der Waals surface area (Å²) in [5, 5.41) is 4.85. The van der Waals surface area contributed by atoms with Gasteiger partial charge in [-0.2, -0.15) is 0 Å². The Balaban J connectivity index is 2.48. The summed E-state index contributed by atoms with van der Waals surface area (Å²) in [7, 11) is 0. The molecule has 1 aromatic heterocycles. The van der Waals surface area contributed by atoms with Crippen molar-refractivity contribution in [1.29, 1.82) is 0 Å². The van der Waals surface area contributed by atoms with Crippen molar-refractivity contribution in [3.05, 3.63) is 35.0 Å². The fourth-order valence-corrected chi connectivity index (χ4v) is 1.95. The Morgan fingerprint density at radius 3 is 3.07 bits per heavy atom. The number of hydrogen-bond donors (Lipinski definition) is 2. The van der Waals surface area contributed by atoms with Gasteiger partial charge in [0.1, 0.15) is 0 Å². The molecule has 0 fully saturated rings. The maximum atomic E-state index is 11.6. The molecule has 0 aliphatic rings. The predicted octanol–water partition coefficient (Wildman–Crippen LogP) is 1.83. The quantitative estimate of drug-likeness (QED) is 0.750. The molecular formula is C11H16N2OS. The van der Waals surface area contributed by atoms with Crippen LogP contribution in [0, 0.1) is 0 Å². The van der Waals surface area contributed by atoms with Gasteiger partial charge in [-0.3, -0.25) is 4.79 Å². The first-order valence-corrected chi connectivity index (χ1v) is 5.73. The molecule has 0 aliphatic heterocycles. The molecule has 1 unspecified atom stereocenters. The molecule has 0 saturated heterocycles. The van der Waals surface area contributed by atoms with Crippen molar-refractivity contribution in [3.63, 3.8) is 0 Å². The van der Waals surface area contributed by atoms with E-state index in [0.717, 1.165) is 4.88 Å². The third-order valence-electron chi connectivity index (χ3n) is 2.09. The zero-order valence-electron chi connectivity index (χ0n) is 8.77. The number of carbonyl (C=O) groups excluding carboxylic acids is 1. The van der Waals surface area contributed by atoms with E-state index < -0.39 is 6.04 Å². The fourth-order valence-electron chi connectivity index (χ4n) is 1.22. The number of thiophene rings is 1. The molecule has 2 atom stereocenters. The number of nitrogens with two attached hydrogens (primary N) is 1. The smallest absolute Gasteiger partial charge is 0.237 e. The maximum absolute atomic E-state index is 11.6. The molecule has 82 valence electrons. The lowest BCUT2D eigenvalue weighted by molar-refractivity contribution is -0.122. The fraction of sp³-hybridized carbons (Fsp3) is 0.364.